The van der Waals surface area contributed by atoms with E-state index in [1.165, 1.54) is 34.1 Å². The fourth-order valence-corrected chi connectivity index (χ4v) is 6.18. The van der Waals surface area contributed by atoms with Crippen LogP contribution in [0.2, 0.25) is 0 Å². The Hall–Kier alpha value is -2.02. The zero-order valence-corrected chi connectivity index (χ0v) is 20.2. The number of likely N-dealkylation sites (tertiary alicyclic amines) is 1. The number of hydrogen-bond acceptors (Lipinski definition) is 5. The topological polar surface area (TPSA) is 67.7 Å². The summed E-state index contributed by atoms with van der Waals surface area (Å²) in [6.45, 7) is 5.40. The van der Waals surface area contributed by atoms with Crippen molar-refractivity contribution in [2.24, 2.45) is 0 Å². The standard InChI is InChI=1S/C24H29FN4O2S.ClH/c25-22-5-7-24(8-6-22)32(30,31)29-12-2-11-28(15-16-29)23-9-13-27(14-10-23)19-21-4-1-3-20(17-21)18-26;/h1,3-8,17,23H,2,9-16,19H2;1H. The minimum absolute atomic E-state index is 0. The Labute approximate surface area is 202 Å². The molecule has 0 amide bonds. The van der Waals surface area contributed by atoms with E-state index in [-0.39, 0.29) is 17.3 Å². The third kappa shape index (κ3) is 6.31. The van der Waals surface area contributed by atoms with E-state index in [1.54, 1.807) is 0 Å². The molecule has 2 aromatic rings. The van der Waals surface area contributed by atoms with Gasteiger partial charge in [-0.05, 0) is 80.9 Å². The van der Waals surface area contributed by atoms with E-state index < -0.39 is 15.8 Å². The predicted molar refractivity (Wildman–Crippen MR) is 128 cm³/mol. The molecule has 0 aromatic heterocycles. The number of rotatable bonds is 5. The van der Waals surface area contributed by atoms with Gasteiger partial charge in [0.15, 0.2) is 0 Å². The minimum atomic E-state index is -3.60. The molecule has 0 atom stereocenters. The first-order valence-corrected chi connectivity index (χ1v) is 12.6. The first-order chi connectivity index (χ1) is 15.5. The molecule has 0 radical (unpaired) electrons. The highest BCUT2D eigenvalue weighted by Crippen LogP contribution is 2.23. The zero-order valence-electron chi connectivity index (χ0n) is 18.6. The Morgan fingerprint density at radius 1 is 0.970 bits per heavy atom. The van der Waals surface area contributed by atoms with E-state index in [1.807, 2.05) is 18.2 Å². The zero-order chi connectivity index (χ0) is 22.6. The normalized spacial score (nSPS) is 19.4. The maximum atomic E-state index is 13.2. The van der Waals surface area contributed by atoms with Gasteiger partial charge in [0, 0.05) is 32.2 Å². The van der Waals surface area contributed by atoms with Crippen LogP contribution in [-0.4, -0.2) is 67.8 Å². The number of piperidine rings is 1. The van der Waals surface area contributed by atoms with Crippen LogP contribution >= 0.6 is 12.4 Å². The van der Waals surface area contributed by atoms with Gasteiger partial charge in [-0.1, -0.05) is 12.1 Å². The van der Waals surface area contributed by atoms with Gasteiger partial charge in [0.25, 0.3) is 0 Å². The second-order valence-corrected chi connectivity index (χ2v) is 10.5. The largest absolute Gasteiger partial charge is 0.299 e. The maximum Gasteiger partial charge on any atom is 0.243 e. The molecular weight excluding hydrogens is 463 g/mol. The van der Waals surface area contributed by atoms with Crippen LogP contribution in [0.3, 0.4) is 0 Å². The summed E-state index contributed by atoms with van der Waals surface area (Å²) in [6, 6.07) is 15.5. The number of nitriles is 1. The average molecular weight is 493 g/mol. The van der Waals surface area contributed by atoms with Crippen molar-refractivity contribution in [3.8, 4) is 6.07 Å². The lowest BCUT2D eigenvalue weighted by Crippen LogP contribution is -2.46. The van der Waals surface area contributed by atoms with Crippen molar-refractivity contribution in [2.75, 3.05) is 39.3 Å². The monoisotopic (exact) mass is 492 g/mol. The molecule has 178 valence electrons. The molecular formula is C24H30ClFN4O2S. The minimum Gasteiger partial charge on any atom is -0.299 e. The van der Waals surface area contributed by atoms with Crippen LogP contribution in [-0.2, 0) is 16.6 Å². The van der Waals surface area contributed by atoms with Crippen LogP contribution in [0.4, 0.5) is 4.39 Å². The summed E-state index contributed by atoms with van der Waals surface area (Å²) in [5, 5.41) is 9.09. The van der Waals surface area contributed by atoms with Crippen LogP contribution in [0.25, 0.3) is 0 Å². The molecule has 2 heterocycles. The molecule has 2 saturated heterocycles. The highest BCUT2D eigenvalue weighted by molar-refractivity contribution is 7.89. The second-order valence-electron chi connectivity index (χ2n) is 8.57. The molecule has 4 rings (SSSR count). The summed E-state index contributed by atoms with van der Waals surface area (Å²) in [6.07, 6.45) is 2.91. The Bertz CT molecular complexity index is 1070. The van der Waals surface area contributed by atoms with Gasteiger partial charge in [-0.15, -0.1) is 12.4 Å². The van der Waals surface area contributed by atoms with Gasteiger partial charge in [-0.3, -0.25) is 9.80 Å². The van der Waals surface area contributed by atoms with Crippen molar-refractivity contribution in [3.63, 3.8) is 0 Å². The van der Waals surface area contributed by atoms with E-state index >= 15 is 0 Å². The molecule has 33 heavy (non-hydrogen) atoms. The van der Waals surface area contributed by atoms with Crippen molar-refractivity contribution in [2.45, 2.75) is 36.7 Å². The molecule has 9 heteroatoms. The van der Waals surface area contributed by atoms with Crippen molar-refractivity contribution in [3.05, 3.63) is 65.5 Å². The van der Waals surface area contributed by atoms with Crippen molar-refractivity contribution in [1.82, 2.24) is 14.1 Å². The van der Waals surface area contributed by atoms with Gasteiger partial charge in [-0.2, -0.15) is 9.57 Å². The molecule has 2 fully saturated rings. The third-order valence-electron chi connectivity index (χ3n) is 6.48. The summed E-state index contributed by atoms with van der Waals surface area (Å²) in [5.41, 5.74) is 1.86. The first kappa shape index (κ1) is 25.6. The lowest BCUT2D eigenvalue weighted by atomic mass is 10.0. The van der Waals surface area contributed by atoms with E-state index in [4.69, 9.17) is 5.26 Å². The Kier molecular flexibility index (Phi) is 8.85. The molecule has 2 aliphatic rings. The van der Waals surface area contributed by atoms with Crippen LogP contribution < -0.4 is 0 Å². The molecule has 6 nitrogen and oxygen atoms in total. The van der Waals surface area contributed by atoms with E-state index in [2.05, 4.69) is 21.9 Å². The summed E-state index contributed by atoms with van der Waals surface area (Å²) in [7, 11) is -3.60. The third-order valence-corrected chi connectivity index (χ3v) is 8.39. The van der Waals surface area contributed by atoms with Crippen LogP contribution in [0.5, 0.6) is 0 Å². The molecule has 0 N–H and O–H groups in total. The quantitative estimate of drug-likeness (QED) is 0.639. The number of hydrogen-bond donors (Lipinski definition) is 0. The van der Waals surface area contributed by atoms with Crippen LogP contribution in [0, 0.1) is 17.1 Å². The number of halogens is 2. The number of nitrogens with zero attached hydrogens (tertiary/aromatic N) is 4. The SMILES string of the molecule is Cl.N#Cc1cccc(CN2CCC(N3CCCN(S(=O)(=O)c4ccc(F)cc4)CC3)CC2)c1. The fourth-order valence-electron chi connectivity index (χ4n) is 4.71. The van der Waals surface area contributed by atoms with Crippen LogP contribution in [0.1, 0.15) is 30.4 Å². The van der Waals surface area contributed by atoms with Gasteiger partial charge in [0.1, 0.15) is 5.82 Å². The fraction of sp³-hybridized carbons (Fsp3) is 0.458. The molecule has 2 aromatic carbocycles. The van der Waals surface area contributed by atoms with Gasteiger partial charge >= 0.3 is 0 Å². The smallest absolute Gasteiger partial charge is 0.243 e. The highest BCUT2D eigenvalue weighted by Gasteiger charge is 2.30. The number of sulfonamides is 1. The van der Waals surface area contributed by atoms with Gasteiger partial charge in [0.05, 0.1) is 16.5 Å². The highest BCUT2D eigenvalue weighted by atomic mass is 35.5. The lowest BCUT2D eigenvalue weighted by Gasteiger charge is -2.38. The van der Waals surface area contributed by atoms with Crippen molar-refractivity contribution in [1.29, 1.82) is 5.26 Å². The van der Waals surface area contributed by atoms with Gasteiger partial charge in [-0.25, -0.2) is 12.8 Å². The Morgan fingerprint density at radius 3 is 2.39 bits per heavy atom. The van der Waals surface area contributed by atoms with Gasteiger partial charge in [0.2, 0.25) is 10.0 Å². The summed E-state index contributed by atoms with van der Waals surface area (Å²) >= 11 is 0. The van der Waals surface area contributed by atoms with Crippen molar-refractivity contribution >= 4 is 22.4 Å². The predicted octanol–water partition coefficient (Wildman–Crippen LogP) is 3.48. The molecule has 0 saturated carbocycles. The van der Waals surface area contributed by atoms with Gasteiger partial charge < -0.3 is 0 Å². The maximum absolute atomic E-state index is 13.2. The summed E-state index contributed by atoms with van der Waals surface area (Å²) in [5.74, 6) is -0.435. The molecule has 2 aliphatic heterocycles. The van der Waals surface area contributed by atoms with Crippen molar-refractivity contribution < 1.29 is 12.8 Å². The first-order valence-electron chi connectivity index (χ1n) is 11.2. The molecule has 0 aliphatic carbocycles. The number of benzene rings is 2. The van der Waals surface area contributed by atoms with E-state index in [0.717, 1.165) is 52.0 Å². The summed E-state index contributed by atoms with van der Waals surface area (Å²) in [4.78, 5) is 5.02. The van der Waals surface area contributed by atoms with E-state index in [0.29, 0.717) is 24.7 Å². The van der Waals surface area contributed by atoms with Crippen LogP contribution in [0.15, 0.2) is 53.4 Å². The molecule has 0 unspecified atom stereocenters. The second kappa shape index (κ2) is 11.4. The molecule has 0 bridgehead atoms. The Balaban J connectivity index is 0.00000306. The summed E-state index contributed by atoms with van der Waals surface area (Å²) < 4.78 is 40.6. The average Bonchev–Trinajstić information content (AvgIpc) is 3.07. The lowest BCUT2D eigenvalue weighted by molar-refractivity contribution is 0.108. The Morgan fingerprint density at radius 2 is 1.70 bits per heavy atom. The van der Waals surface area contributed by atoms with E-state index in [9.17, 15) is 12.8 Å². The molecule has 0 spiro atoms.